The van der Waals surface area contributed by atoms with Crippen molar-refractivity contribution in [1.29, 1.82) is 0 Å². The zero-order valence-electron chi connectivity index (χ0n) is 12.1. The van der Waals surface area contributed by atoms with E-state index in [-0.39, 0.29) is 23.3 Å². The largest absolute Gasteiger partial charge is 0.393 e. The van der Waals surface area contributed by atoms with Crippen LogP contribution in [-0.2, 0) is 4.79 Å². The molecule has 0 radical (unpaired) electrons. The molecule has 1 aliphatic heterocycles. The molecule has 1 aliphatic carbocycles. The number of amides is 1. The molecule has 1 saturated heterocycles. The van der Waals surface area contributed by atoms with Crippen LogP contribution in [0.4, 0.5) is 0 Å². The molecule has 4 heteroatoms. The van der Waals surface area contributed by atoms with Gasteiger partial charge in [-0.1, -0.05) is 19.8 Å². The second-order valence-corrected chi connectivity index (χ2v) is 6.28. The number of hydrogen-bond donors (Lipinski definition) is 3. The summed E-state index contributed by atoms with van der Waals surface area (Å²) in [5, 5.41) is 16.3. The first kappa shape index (κ1) is 14.8. The molecule has 2 fully saturated rings. The van der Waals surface area contributed by atoms with Crippen molar-refractivity contribution in [3.63, 3.8) is 0 Å². The topological polar surface area (TPSA) is 61.4 Å². The van der Waals surface area contributed by atoms with Crippen LogP contribution in [0.1, 0.15) is 51.9 Å². The van der Waals surface area contributed by atoms with Gasteiger partial charge in [-0.15, -0.1) is 0 Å². The maximum Gasteiger partial charge on any atom is 0.227 e. The van der Waals surface area contributed by atoms with Crippen LogP contribution < -0.4 is 10.6 Å². The quantitative estimate of drug-likeness (QED) is 0.707. The molecular formula is C15H28N2O2. The number of hydrogen-bond acceptors (Lipinski definition) is 3. The van der Waals surface area contributed by atoms with Gasteiger partial charge in [-0.2, -0.15) is 0 Å². The van der Waals surface area contributed by atoms with E-state index in [4.69, 9.17) is 0 Å². The van der Waals surface area contributed by atoms with Crippen LogP contribution in [0.15, 0.2) is 0 Å². The number of piperidine rings is 1. The highest BCUT2D eigenvalue weighted by Crippen LogP contribution is 2.32. The predicted molar refractivity (Wildman–Crippen MR) is 75.8 cm³/mol. The summed E-state index contributed by atoms with van der Waals surface area (Å²) >= 11 is 0. The van der Waals surface area contributed by atoms with E-state index in [1.807, 2.05) is 0 Å². The van der Waals surface area contributed by atoms with E-state index in [0.29, 0.717) is 6.54 Å². The molecule has 0 aromatic rings. The fourth-order valence-corrected chi connectivity index (χ4v) is 3.63. The second-order valence-electron chi connectivity index (χ2n) is 6.28. The molecule has 3 atom stereocenters. The minimum atomic E-state index is -0.216. The van der Waals surface area contributed by atoms with Gasteiger partial charge in [0.15, 0.2) is 0 Å². The number of carbonyl (C=O) groups is 1. The first-order valence-corrected chi connectivity index (χ1v) is 7.85. The molecule has 3 N–H and O–H groups in total. The molecule has 0 aromatic heterocycles. The molecule has 19 heavy (non-hydrogen) atoms. The predicted octanol–water partition coefficient (Wildman–Crippen LogP) is 1.43. The first-order valence-electron chi connectivity index (χ1n) is 7.85. The molecule has 1 saturated carbocycles. The molecule has 0 spiro atoms. The van der Waals surface area contributed by atoms with Crippen LogP contribution >= 0.6 is 0 Å². The molecular weight excluding hydrogens is 240 g/mol. The summed E-state index contributed by atoms with van der Waals surface area (Å²) in [6.45, 7) is 4.62. The zero-order valence-corrected chi connectivity index (χ0v) is 12.1. The average molecular weight is 268 g/mol. The Balaban J connectivity index is 1.88. The smallest absolute Gasteiger partial charge is 0.227 e. The Hall–Kier alpha value is -0.610. The summed E-state index contributed by atoms with van der Waals surface area (Å²) in [7, 11) is 0. The Bertz CT molecular complexity index is 295. The van der Waals surface area contributed by atoms with Gasteiger partial charge in [0.25, 0.3) is 0 Å². The lowest BCUT2D eigenvalue weighted by Gasteiger charge is -2.36. The van der Waals surface area contributed by atoms with E-state index in [1.165, 1.54) is 0 Å². The monoisotopic (exact) mass is 268 g/mol. The Morgan fingerprint density at radius 1 is 1.42 bits per heavy atom. The maximum atomic E-state index is 12.5. The zero-order chi connectivity index (χ0) is 13.7. The molecule has 1 amide bonds. The molecule has 2 aliphatic rings. The highest BCUT2D eigenvalue weighted by atomic mass is 16.3. The number of rotatable bonds is 5. The van der Waals surface area contributed by atoms with Crippen LogP contribution in [0.3, 0.4) is 0 Å². The normalized spacial score (nSPS) is 35.3. The van der Waals surface area contributed by atoms with Gasteiger partial charge in [-0.05, 0) is 38.6 Å². The van der Waals surface area contributed by atoms with Crippen molar-refractivity contribution in [3.05, 3.63) is 0 Å². The number of aliphatic hydroxyl groups is 1. The summed E-state index contributed by atoms with van der Waals surface area (Å²) in [5.74, 6) is 0.458. The minimum Gasteiger partial charge on any atom is -0.393 e. The summed E-state index contributed by atoms with van der Waals surface area (Å²) in [6.07, 6.45) is 6.88. The third-order valence-corrected chi connectivity index (χ3v) is 4.83. The third-order valence-electron chi connectivity index (χ3n) is 4.83. The Kier molecular flexibility index (Phi) is 5.22. The SMILES string of the molecule is CCCC1(C(=O)NCC2CCCC2O)CCCNC1. The van der Waals surface area contributed by atoms with E-state index in [2.05, 4.69) is 17.6 Å². The number of aliphatic hydroxyl groups excluding tert-OH is 1. The third kappa shape index (κ3) is 3.48. The van der Waals surface area contributed by atoms with Crippen molar-refractivity contribution in [3.8, 4) is 0 Å². The number of carbonyl (C=O) groups excluding carboxylic acids is 1. The van der Waals surface area contributed by atoms with Crippen molar-refractivity contribution in [1.82, 2.24) is 10.6 Å². The van der Waals surface area contributed by atoms with Crippen molar-refractivity contribution in [2.75, 3.05) is 19.6 Å². The fourth-order valence-electron chi connectivity index (χ4n) is 3.63. The van der Waals surface area contributed by atoms with Gasteiger partial charge >= 0.3 is 0 Å². The van der Waals surface area contributed by atoms with E-state index in [9.17, 15) is 9.90 Å². The van der Waals surface area contributed by atoms with Crippen LogP contribution in [0.2, 0.25) is 0 Å². The standard InChI is InChI=1S/C15H28N2O2/c1-2-7-15(8-4-9-16-11-15)14(19)17-10-12-5-3-6-13(12)18/h12-13,16,18H,2-11H2,1H3,(H,17,19). The van der Waals surface area contributed by atoms with E-state index in [1.54, 1.807) is 0 Å². The van der Waals surface area contributed by atoms with Crippen molar-refractivity contribution in [2.45, 2.75) is 58.0 Å². The molecule has 2 rings (SSSR count). The van der Waals surface area contributed by atoms with E-state index < -0.39 is 0 Å². The molecule has 0 aromatic carbocycles. The van der Waals surface area contributed by atoms with Gasteiger partial charge in [-0.3, -0.25) is 4.79 Å². The minimum absolute atomic E-state index is 0.195. The fraction of sp³-hybridized carbons (Fsp3) is 0.933. The lowest BCUT2D eigenvalue weighted by Crippen LogP contribution is -2.51. The second kappa shape index (κ2) is 6.71. The van der Waals surface area contributed by atoms with Crippen molar-refractivity contribution >= 4 is 5.91 Å². The summed E-state index contributed by atoms with van der Waals surface area (Å²) in [5.41, 5.74) is -0.212. The lowest BCUT2D eigenvalue weighted by molar-refractivity contribution is -0.133. The molecule has 1 heterocycles. The van der Waals surface area contributed by atoms with Gasteiger partial charge in [0, 0.05) is 19.0 Å². The Morgan fingerprint density at radius 2 is 2.26 bits per heavy atom. The maximum absolute atomic E-state index is 12.5. The molecule has 0 bridgehead atoms. The average Bonchev–Trinajstić information content (AvgIpc) is 2.83. The van der Waals surface area contributed by atoms with Gasteiger partial charge in [-0.25, -0.2) is 0 Å². The lowest BCUT2D eigenvalue weighted by atomic mass is 9.76. The number of nitrogens with one attached hydrogen (secondary N) is 2. The molecule has 4 nitrogen and oxygen atoms in total. The van der Waals surface area contributed by atoms with E-state index in [0.717, 1.165) is 58.0 Å². The Labute approximate surface area is 116 Å². The summed E-state index contributed by atoms with van der Waals surface area (Å²) in [4.78, 5) is 12.5. The Morgan fingerprint density at radius 3 is 2.84 bits per heavy atom. The van der Waals surface area contributed by atoms with Crippen LogP contribution in [0, 0.1) is 11.3 Å². The highest BCUT2D eigenvalue weighted by molar-refractivity contribution is 5.83. The molecule has 3 unspecified atom stereocenters. The van der Waals surface area contributed by atoms with E-state index >= 15 is 0 Å². The first-order chi connectivity index (χ1) is 9.18. The molecule has 110 valence electrons. The summed E-state index contributed by atoms with van der Waals surface area (Å²) < 4.78 is 0. The highest BCUT2D eigenvalue weighted by Gasteiger charge is 2.39. The van der Waals surface area contributed by atoms with Gasteiger partial charge < -0.3 is 15.7 Å². The van der Waals surface area contributed by atoms with Crippen molar-refractivity contribution < 1.29 is 9.90 Å². The summed E-state index contributed by atoms with van der Waals surface area (Å²) in [6, 6.07) is 0. The van der Waals surface area contributed by atoms with Gasteiger partial charge in [0.2, 0.25) is 5.91 Å². The van der Waals surface area contributed by atoms with Gasteiger partial charge in [0.05, 0.1) is 11.5 Å². The van der Waals surface area contributed by atoms with Crippen LogP contribution in [0.5, 0.6) is 0 Å². The van der Waals surface area contributed by atoms with Crippen LogP contribution in [-0.4, -0.2) is 36.8 Å². The van der Waals surface area contributed by atoms with Crippen molar-refractivity contribution in [2.24, 2.45) is 11.3 Å². The van der Waals surface area contributed by atoms with Gasteiger partial charge in [0.1, 0.15) is 0 Å². The van der Waals surface area contributed by atoms with Crippen LogP contribution in [0.25, 0.3) is 0 Å².